The Kier molecular flexibility index (Phi) is 4.33. The molecule has 94 valence electrons. The molecule has 0 spiro atoms. The molecule has 5 nitrogen and oxygen atoms in total. The lowest BCUT2D eigenvalue weighted by Gasteiger charge is -2.11. The molecule has 0 aliphatic rings. The van der Waals surface area contributed by atoms with E-state index in [-0.39, 0.29) is 11.6 Å². The second kappa shape index (κ2) is 5.73. The van der Waals surface area contributed by atoms with Crippen molar-refractivity contribution in [1.29, 1.82) is 0 Å². The number of amides is 2. The van der Waals surface area contributed by atoms with Gasteiger partial charge in [0.2, 0.25) is 0 Å². The van der Waals surface area contributed by atoms with Gasteiger partial charge < -0.3 is 15.7 Å². The number of aryl methyl sites for hydroxylation is 1. The third-order valence-corrected chi connectivity index (χ3v) is 2.32. The summed E-state index contributed by atoms with van der Waals surface area (Å²) in [5, 5.41) is 14.0. The highest BCUT2D eigenvalue weighted by molar-refractivity contribution is 5.92. The molecule has 0 saturated carbocycles. The van der Waals surface area contributed by atoms with Crippen LogP contribution < -0.4 is 10.6 Å². The summed E-state index contributed by atoms with van der Waals surface area (Å²) in [6.07, 6.45) is 5.14. The average Bonchev–Trinajstić information content (AvgIpc) is 2.31. The van der Waals surface area contributed by atoms with Crippen molar-refractivity contribution in [1.82, 2.24) is 5.32 Å². The van der Waals surface area contributed by atoms with Crippen LogP contribution in [0.2, 0.25) is 0 Å². The van der Waals surface area contributed by atoms with Gasteiger partial charge in [-0.05, 0) is 37.6 Å². The van der Waals surface area contributed by atoms with Crippen molar-refractivity contribution >= 4 is 17.7 Å². The molecule has 0 saturated heterocycles. The molecule has 0 aromatic heterocycles. The summed E-state index contributed by atoms with van der Waals surface area (Å²) >= 11 is 0. The Bertz CT molecular complexity index is 517. The van der Waals surface area contributed by atoms with Gasteiger partial charge in [0.15, 0.2) is 0 Å². The fourth-order valence-corrected chi connectivity index (χ4v) is 1.33. The molecule has 1 atom stereocenters. The molecule has 1 rings (SSSR count). The van der Waals surface area contributed by atoms with Gasteiger partial charge in [0.1, 0.15) is 0 Å². The molecule has 1 unspecified atom stereocenters. The Hall–Kier alpha value is -2.48. The number of urea groups is 1. The van der Waals surface area contributed by atoms with Crippen molar-refractivity contribution in [2.75, 3.05) is 5.32 Å². The molecule has 18 heavy (non-hydrogen) atoms. The second-order valence-corrected chi connectivity index (χ2v) is 3.82. The monoisotopic (exact) mass is 246 g/mol. The van der Waals surface area contributed by atoms with Crippen LogP contribution in [0.5, 0.6) is 0 Å². The number of carboxylic acid groups (broad SMARTS) is 1. The zero-order valence-electron chi connectivity index (χ0n) is 10.2. The van der Waals surface area contributed by atoms with Gasteiger partial charge in [0, 0.05) is 5.69 Å². The summed E-state index contributed by atoms with van der Waals surface area (Å²) in [6, 6.07) is 3.66. The van der Waals surface area contributed by atoms with E-state index in [4.69, 9.17) is 11.5 Å². The molecular weight excluding hydrogens is 232 g/mol. The van der Waals surface area contributed by atoms with E-state index < -0.39 is 12.0 Å². The zero-order chi connectivity index (χ0) is 13.7. The molecule has 0 bridgehead atoms. The molecular formula is C13H14N2O3. The average molecular weight is 246 g/mol. The number of aromatic carboxylic acids is 1. The van der Waals surface area contributed by atoms with Crippen LogP contribution >= 0.6 is 0 Å². The summed E-state index contributed by atoms with van der Waals surface area (Å²) in [4.78, 5) is 22.3. The van der Waals surface area contributed by atoms with E-state index in [0.29, 0.717) is 11.3 Å². The van der Waals surface area contributed by atoms with Crippen molar-refractivity contribution in [3.63, 3.8) is 0 Å². The van der Waals surface area contributed by atoms with Gasteiger partial charge in [-0.15, -0.1) is 6.42 Å². The van der Waals surface area contributed by atoms with Crippen LogP contribution in [0.15, 0.2) is 18.2 Å². The SMILES string of the molecule is C#CC(C)NC(=O)Nc1ccc(C(=O)O)cc1C. The molecule has 0 radical (unpaired) electrons. The molecule has 5 heteroatoms. The predicted molar refractivity (Wildman–Crippen MR) is 68.6 cm³/mol. The zero-order valence-corrected chi connectivity index (χ0v) is 10.2. The van der Waals surface area contributed by atoms with E-state index in [0.717, 1.165) is 0 Å². The Morgan fingerprint density at radius 3 is 2.61 bits per heavy atom. The first-order valence-corrected chi connectivity index (χ1v) is 5.31. The molecule has 0 heterocycles. The molecule has 2 amide bonds. The minimum atomic E-state index is -1.00. The van der Waals surface area contributed by atoms with Crippen LogP contribution in [0.4, 0.5) is 10.5 Å². The number of hydrogen-bond donors (Lipinski definition) is 3. The van der Waals surface area contributed by atoms with Crippen molar-refractivity contribution in [3.05, 3.63) is 29.3 Å². The van der Waals surface area contributed by atoms with Crippen LogP contribution in [0.25, 0.3) is 0 Å². The first-order chi connectivity index (χ1) is 8.43. The van der Waals surface area contributed by atoms with Crippen LogP contribution in [0.1, 0.15) is 22.8 Å². The molecule has 0 fully saturated rings. The van der Waals surface area contributed by atoms with Gasteiger partial charge in [0.25, 0.3) is 0 Å². The van der Waals surface area contributed by atoms with E-state index in [1.807, 2.05) is 0 Å². The standard InChI is InChI=1S/C13H14N2O3/c1-4-9(3)14-13(18)15-11-6-5-10(12(16)17)7-8(11)2/h1,5-7,9H,2-3H3,(H,16,17)(H2,14,15,18). The number of nitrogens with one attached hydrogen (secondary N) is 2. The minimum absolute atomic E-state index is 0.176. The maximum absolute atomic E-state index is 11.5. The first kappa shape index (κ1) is 13.6. The maximum atomic E-state index is 11.5. The number of carboxylic acids is 1. The number of anilines is 1. The number of benzene rings is 1. The number of carbonyl (C=O) groups excluding carboxylic acids is 1. The van der Waals surface area contributed by atoms with Crippen molar-refractivity contribution < 1.29 is 14.7 Å². The van der Waals surface area contributed by atoms with Gasteiger partial charge in [0.05, 0.1) is 11.6 Å². The number of terminal acetylenes is 1. The van der Waals surface area contributed by atoms with Gasteiger partial charge in [-0.1, -0.05) is 5.92 Å². The lowest BCUT2D eigenvalue weighted by atomic mass is 10.1. The highest BCUT2D eigenvalue weighted by Crippen LogP contribution is 2.16. The molecule has 1 aromatic carbocycles. The summed E-state index contributed by atoms with van der Waals surface area (Å²) in [5.74, 6) is 1.37. The van der Waals surface area contributed by atoms with Gasteiger partial charge in [-0.3, -0.25) is 0 Å². The van der Waals surface area contributed by atoms with Gasteiger partial charge in [-0.25, -0.2) is 9.59 Å². The fourth-order valence-electron chi connectivity index (χ4n) is 1.33. The lowest BCUT2D eigenvalue weighted by Crippen LogP contribution is -2.35. The topological polar surface area (TPSA) is 78.4 Å². The molecule has 0 aliphatic heterocycles. The normalized spacial score (nSPS) is 11.2. The van der Waals surface area contributed by atoms with Gasteiger partial charge >= 0.3 is 12.0 Å². The Morgan fingerprint density at radius 1 is 1.44 bits per heavy atom. The molecule has 0 aliphatic carbocycles. The third kappa shape index (κ3) is 3.52. The van der Waals surface area contributed by atoms with Crippen molar-refractivity contribution in [2.24, 2.45) is 0 Å². The van der Waals surface area contributed by atoms with Crippen LogP contribution in [-0.2, 0) is 0 Å². The van der Waals surface area contributed by atoms with Crippen LogP contribution in [0, 0.1) is 19.3 Å². The number of carbonyl (C=O) groups is 2. The molecule has 3 N–H and O–H groups in total. The largest absolute Gasteiger partial charge is 0.478 e. The highest BCUT2D eigenvalue weighted by atomic mass is 16.4. The fraction of sp³-hybridized carbons (Fsp3) is 0.231. The van der Waals surface area contributed by atoms with Crippen molar-refractivity contribution in [3.8, 4) is 12.3 Å². The van der Waals surface area contributed by atoms with E-state index in [1.54, 1.807) is 19.9 Å². The lowest BCUT2D eigenvalue weighted by molar-refractivity contribution is 0.0697. The summed E-state index contributed by atoms with van der Waals surface area (Å²) in [7, 11) is 0. The first-order valence-electron chi connectivity index (χ1n) is 5.31. The van der Waals surface area contributed by atoms with E-state index >= 15 is 0 Å². The Morgan fingerprint density at radius 2 is 2.11 bits per heavy atom. The van der Waals surface area contributed by atoms with E-state index in [1.165, 1.54) is 12.1 Å². The Balaban J connectivity index is 2.77. The summed E-state index contributed by atoms with van der Waals surface area (Å²) < 4.78 is 0. The van der Waals surface area contributed by atoms with E-state index in [9.17, 15) is 9.59 Å². The maximum Gasteiger partial charge on any atom is 0.335 e. The number of hydrogen-bond acceptors (Lipinski definition) is 2. The summed E-state index contributed by atoms with van der Waals surface area (Å²) in [6.45, 7) is 3.40. The van der Waals surface area contributed by atoms with Crippen LogP contribution in [0.3, 0.4) is 0 Å². The quantitative estimate of drug-likeness (QED) is 0.712. The Labute approximate surface area is 105 Å². The predicted octanol–water partition coefficient (Wildman–Crippen LogP) is 1.84. The third-order valence-electron chi connectivity index (χ3n) is 2.32. The minimum Gasteiger partial charge on any atom is -0.478 e. The van der Waals surface area contributed by atoms with E-state index in [2.05, 4.69) is 16.6 Å². The van der Waals surface area contributed by atoms with Crippen LogP contribution in [-0.4, -0.2) is 23.1 Å². The van der Waals surface area contributed by atoms with Crippen molar-refractivity contribution in [2.45, 2.75) is 19.9 Å². The smallest absolute Gasteiger partial charge is 0.335 e. The summed E-state index contributed by atoms with van der Waals surface area (Å²) in [5.41, 5.74) is 1.38. The highest BCUT2D eigenvalue weighted by Gasteiger charge is 2.09. The number of rotatable bonds is 3. The molecule has 1 aromatic rings. The second-order valence-electron chi connectivity index (χ2n) is 3.82. The van der Waals surface area contributed by atoms with Gasteiger partial charge in [-0.2, -0.15) is 0 Å².